The molecule has 0 atom stereocenters. The van der Waals surface area contributed by atoms with Gasteiger partial charge in [-0.3, -0.25) is 0 Å². The number of hydrogen-bond donors (Lipinski definition) is 1. The molecule has 0 bridgehead atoms. The van der Waals surface area contributed by atoms with Crippen LogP contribution in [0.25, 0.3) is 10.9 Å². The number of fused-ring (bicyclic) bond motifs is 1. The zero-order chi connectivity index (χ0) is 13.2. The Balaban J connectivity index is 1.87. The molecule has 2 aromatic carbocycles. The van der Waals surface area contributed by atoms with E-state index in [-0.39, 0.29) is 11.6 Å². The van der Waals surface area contributed by atoms with E-state index in [0.29, 0.717) is 12.0 Å². The molecule has 0 saturated carbocycles. The summed E-state index contributed by atoms with van der Waals surface area (Å²) >= 11 is 0. The van der Waals surface area contributed by atoms with E-state index in [1.165, 1.54) is 0 Å². The standard InChI is InChI=1S/C16H14FNO/c1-11-9-13-14(18-11)7-8-15(16(13)17)19-10-12-5-3-2-4-6-12/h2-9,18H,10H2,1H3. The van der Waals surface area contributed by atoms with Crippen molar-refractivity contribution in [2.45, 2.75) is 13.5 Å². The number of benzene rings is 2. The number of aryl methyl sites for hydroxylation is 1. The van der Waals surface area contributed by atoms with E-state index in [1.54, 1.807) is 12.1 Å². The van der Waals surface area contributed by atoms with Crippen LogP contribution in [0.1, 0.15) is 11.3 Å². The minimum Gasteiger partial charge on any atom is -0.486 e. The van der Waals surface area contributed by atoms with Crippen LogP contribution in [0.4, 0.5) is 4.39 Å². The van der Waals surface area contributed by atoms with Crippen LogP contribution in [0.3, 0.4) is 0 Å². The van der Waals surface area contributed by atoms with Crippen molar-refractivity contribution in [3.63, 3.8) is 0 Å². The maximum Gasteiger partial charge on any atom is 0.174 e. The highest BCUT2D eigenvalue weighted by Gasteiger charge is 2.10. The summed E-state index contributed by atoms with van der Waals surface area (Å²) < 4.78 is 19.8. The highest BCUT2D eigenvalue weighted by Crippen LogP contribution is 2.27. The first-order valence-corrected chi connectivity index (χ1v) is 6.18. The summed E-state index contributed by atoms with van der Waals surface area (Å²) in [5.41, 5.74) is 2.75. The van der Waals surface area contributed by atoms with Crippen LogP contribution in [0, 0.1) is 12.7 Å². The van der Waals surface area contributed by atoms with Crippen molar-refractivity contribution in [2.24, 2.45) is 0 Å². The van der Waals surface area contributed by atoms with Gasteiger partial charge in [-0.15, -0.1) is 0 Å². The van der Waals surface area contributed by atoms with Gasteiger partial charge in [0.1, 0.15) is 6.61 Å². The summed E-state index contributed by atoms with van der Waals surface area (Å²) in [4.78, 5) is 3.10. The number of hydrogen-bond acceptors (Lipinski definition) is 1. The lowest BCUT2D eigenvalue weighted by atomic mass is 10.2. The number of halogens is 1. The van der Waals surface area contributed by atoms with E-state index in [1.807, 2.05) is 43.3 Å². The molecule has 0 spiro atoms. The first-order chi connectivity index (χ1) is 9.24. The lowest BCUT2D eigenvalue weighted by molar-refractivity contribution is 0.291. The van der Waals surface area contributed by atoms with E-state index in [0.717, 1.165) is 16.8 Å². The average molecular weight is 255 g/mol. The van der Waals surface area contributed by atoms with E-state index in [2.05, 4.69) is 4.98 Å². The van der Waals surface area contributed by atoms with E-state index in [4.69, 9.17) is 4.74 Å². The Kier molecular flexibility index (Phi) is 2.95. The first kappa shape index (κ1) is 11.8. The maximum atomic E-state index is 14.2. The topological polar surface area (TPSA) is 25.0 Å². The summed E-state index contributed by atoms with van der Waals surface area (Å²) in [6.45, 7) is 2.27. The van der Waals surface area contributed by atoms with Crippen molar-refractivity contribution in [3.05, 3.63) is 65.6 Å². The van der Waals surface area contributed by atoms with Crippen molar-refractivity contribution in [1.82, 2.24) is 4.98 Å². The molecule has 3 rings (SSSR count). The highest BCUT2D eigenvalue weighted by atomic mass is 19.1. The molecule has 0 aliphatic rings. The Bertz CT molecular complexity index is 703. The van der Waals surface area contributed by atoms with Gasteiger partial charge >= 0.3 is 0 Å². The molecule has 0 amide bonds. The van der Waals surface area contributed by atoms with Crippen LogP contribution >= 0.6 is 0 Å². The van der Waals surface area contributed by atoms with Crippen LogP contribution < -0.4 is 4.74 Å². The predicted octanol–water partition coefficient (Wildman–Crippen LogP) is 4.19. The Morgan fingerprint density at radius 2 is 1.89 bits per heavy atom. The molecule has 2 nitrogen and oxygen atoms in total. The molecule has 0 aliphatic carbocycles. The van der Waals surface area contributed by atoms with Gasteiger partial charge in [-0.05, 0) is 30.7 Å². The summed E-state index contributed by atoms with van der Waals surface area (Å²) in [5.74, 6) is -0.0202. The van der Waals surface area contributed by atoms with Crippen LogP contribution in [-0.4, -0.2) is 4.98 Å². The van der Waals surface area contributed by atoms with Crippen molar-refractivity contribution in [1.29, 1.82) is 0 Å². The molecule has 0 aliphatic heterocycles. The van der Waals surface area contributed by atoms with Crippen LogP contribution in [0.5, 0.6) is 5.75 Å². The second-order valence-corrected chi connectivity index (χ2v) is 4.57. The van der Waals surface area contributed by atoms with Crippen LogP contribution in [0.2, 0.25) is 0 Å². The number of aromatic amines is 1. The number of H-pyrrole nitrogens is 1. The monoisotopic (exact) mass is 255 g/mol. The number of nitrogens with one attached hydrogen (secondary N) is 1. The van der Waals surface area contributed by atoms with Gasteiger partial charge in [0.25, 0.3) is 0 Å². The molecule has 0 saturated heterocycles. The van der Waals surface area contributed by atoms with Crippen molar-refractivity contribution >= 4 is 10.9 Å². The third-order valence-electron chi connectivity index (χ3n) is 3.07. The van der Waals surface area contributed by atoms with E-state index >= 15 is 0 Å². The molecular weight excluding hydrogens is 241 g/mol. The average Bonchev–Trinajstić information content (AvgIpc) is 2.81. The predicted molar refractivity (Wildman–Crippen MR) is 73.8 cm³/mol. The zero-order valence-electron chi connectivity index (χ0n) is 10.6. The van der Waals surface area contributed by atoms with E-state index in [9.17, 15) is 4.39 Å². The zero-order valence-corrected chi connectivity index (χ0v) is 10.6. The molecule has 1 N–H and O–H groups in total. The maximum absolute atomic E-state index is 14.2. The van der Waals surface area contributed by atoms with Gasteiger partial charge in [0.2, 0.25) is 0 Å². The van der Waals surface area contributed by atoms with Gasteiger partial charge in [-0.25, -0.2) is 4.39 Å². The van der Waals surface area contributed by atoms with Crippen LogP contribution in [-0.2, 0) is 6.61 Å². The highest BCUT2D eigenvalue weighted by molar-refractivity contribution is 5.82. The number of ether oxygens (including phenoxy) is 1. The van der Waals surface area contributed by atoms with Gasteiger partial charge in [-0.2, -0.15) is 0 Å². The second-order valence-electron chi connectivity index (χ2n) is 4.57. The molecule has 3 heteroatoms. The van der Waals surface area contributed by atoms with Gasteiger partial charge in [0.05, 0.1) is 0 Å². The third-order valence-corrected chi connectivity index (χ3v) is 3.07. The third kappa shape index (κ3) is 2.32. The normalized spacial score (nSPS) is 10.8. The van der Waals surface area contributed by atoms with Crippen molar-refractivity contribution in [3.8, 4) is 5.75 Å². The lowest BCUT2D eigenvalue weighted by Crippen LogP contribution is -1.97. The number of rotatable bonds is 3. The Hall–Kier alpha value is -2.29. The number of aromatic nitrogens is 1. The molecule has 1 aromatic heterocycles. The fourth-order valence-electron chi connectivity index (χ4n) is 2.13. The molecule has 0 unspecified atom stereocenters. The fourth-order valence-corrected chi connectivity index (χ4v) is 2.13. The molecule has 0 radical (unpaired) electrons. The first-order valence-electron chi connectivity index (χ1n) is 6.18. The largest absolute Gasteiger partial charge is 0.486 e. The molecular formula is C16H14FNO. The lowest BCUT2D eigenvalue weighted by Gasteiger charge is -2.07. The minimum absolute atomic E-state index is 0.287. The molecule has 0 fully saturated rings. The smallest absolute Gasteiger partial charge is 0.174 e. The quantitative estimate of drug-likeness (QED) is 0.745. The SMILES string of the molecule is Cc1cc2c(F)c(OCc3ccccc3)ccc2[nH]1. The van der Waals surface area contributed by atoms with Gasteiger partial charge in [0, 0.05) is 16.6 Å². The summed E-state index contributed by atoms with van der Waals surface area (Å²) in [6.07, 6.45) is 0. The Morgan fingerprint density at radius 3 is 2.68 bits per heavy atom. The Labute approximate surface area is 110 Å². The summed E-state index contributed by atoms with van der Waals surface area (Å²) in [5, 5.41) is 0.572. The fraction of sp³-hybridized carbons (Fsp3) is 0.125. The summed E-state index contributed by atoms with van der Waals surface area (Å²) in [7, 11) is 0. The van der Waals surface area contributed by atoms with Gasteiger partial charge < -0.3 is 9.72 Å². The molecule has 1 heterocycles. The molecule has 96 valence electrons. The van der Waals surface area contributed by atoms with Gasteiger partial charge in [-0.1, -0.05) is 30.3 Å². The van der Waals surface area contributed by atoms with Crippen LogP contribution in [0.15, 0.2) is 48.5 Å². The Morgan fingerprint density at radius 1 is 1.11 bits per heavy atom. The molecule has 19 heavy (non-hydrogen) atoms. The van der Waals surface area contributed by atoms with Gasteiger partial charge in [0.15, 0.2) is 11.6 Å². The minimum atomic E-state index is -0.308. The van der Waals surface area contributed by atoms with Crippen molar-refractivity contribution in [2.75, 3.05) is 0 Å². The summed E-state index contributed by atoms with van der Waals surface area (Å²) in [6, 6.07) is 15.0. The van der Waals surface area contributed by atoms with E-state index < -0.39 is 0 Å². The van der Waals surface area contributed by atoms with Crippen molar-refractivity contribution < 1.29 is 9.13 Å². The molecule has 3 aromatic rings. The second kappa shape index (κ2) is 4.76.